The van der Waals surface area contributed by atoms with Crippen LogP contribution in [-0.4, -0.2) is 24.2 Å². The van der Waals surface area contributed by atoms with Gasteiger partial charge in [0, 0.05) is 23.8 Å². The molecule has 1 aliphatic carbocycles. The lowest BCUT2D eigenvalue weighted by molar-refractivity contribution is 0.0347. The molecule has 0 amide bonds. The topological polar surface area (TPSA) is 60.2 Å². The maximum absolute atomic E-state index is 5.96. The van der Waals surface area contributed by atoms with Gasteiger partial charge in [0.2, 0.25) is 0 Å². The van der Waals surface area contributed by atoms with E-state index in [4.69, 9.17) is 10.5 Å². The quantitative estimate of drug-likeness (QED) is 0.651. The van der Waals surface area contributed by atoms with Crippen molar-refractivity contribution in [3.8, 4) is 0 Å². The molecule has 3 N–H and O–H groups in total. The van der Waals surface area contributed by atoms with Gasteiger partial charge in [0.1, 0.15) is 0 Å². The van der Waals surface area contributed by atoms with Gasteiger partial charge in [0.15, 0.2) is 0 Å². The number of hydrogen-bond acceptors (Lipinski definition) is 4. The molecule has 3 rings (SSSR count). The summed E-state index contributed by atoms with van der Waals surface area (Å²) in [6, 6.07) is 7.90. The molecule has 1 saturated carbocycles. The summed E-state index contributed by atoms with van der Waals surface area (Å²) in [5.74, 6) is 0. The van der Waals surface area contributed by atoms with Crippen molar-refractivity contribution < 1.29 is 4.74 Å². The van der Waals surface area contributed by atoms with E-state index in [1.807, 2.05) is 24.3 Å². The van der Waals surface area contributed by atoms with Gasteiger partial charge < -0.3 is 15.8 Å². The molecule has 4 heteroatoms. The summed E-state index contributed by atoms with van der Waals surface area (Å²) in [7, 11) is 0. The van der Waals surface area contributed by atoms with E-state index in [0.29, 0.717) is 6.10 Å². The highest BCUT2D eigenvalue weighted by Crippen LogP contribution is 2.26. The third-order valence-corrected chi connectivity index (χ3v) is 4.12. The zero-order chi connectivity index (χ0) is 14.5. The van der Waals surface area contributed by atoms with Crippen molar-refractivity contribution in [2.75, 3.05) is 24.2 Å². The highest BCUT2D eigenvalue weighted by molar-refractivity contribution is 5.98. The second-order valence-corrected chi connectivity index (χ2v) is 5.66. The number of nitrogens with zero attached hydrogens (tertiary/aromatic N) is 1. The van der Waals surface area contributed by atoms with Gasteiger partial charge in [0.25, 0.3) is 0 Å². The lowest BCUT2D eigenvalue weighted by atomic mass is 9.98. The van der Waals surface area contributed by atoms with Crippen LogP contribution < -0.4 is 11.1 Å². The number of pyridine rings is 1. The molecule has 0 aliphatic heterocycles. The molecule has 0 atom stereocenters. The molecule has 1 aromatic heterocycles. The number of nitrogens with one attached hydrogen (secondary N) is 1. The molecule has 2 aromatic rings. The minimum Gasteiger partial charge on any atom is -0.397 e. The molecule has 1 aromatic carbocycles. The smallest absolute Gasteiger partial charge is 0.0951 e. The number of aromatic nitrogens is 1. The van der Waals surface area contributed by atoms with Gasteiger partial charge in [-0.15, -0.1) is 0 Å². The van der Waals surface area contributed by atoms with Crippen LogP contribution in [0, 0.1) is 0 Å². The first-order chi connectivity index (χ1) is 10.3. The van der Waals surface area contributed by atoms with Crippen molar-refractivity contribution in [3.05, 3.63) is 30.5 Å². The van der Waals surface area contributed by atoms with Crippen LogP contribution >= 0.6 is 0 Å². The SMILES string of the molecule is Nc1ccc(NCCOC2CCCCC2)c2cccnc12. The van der Waals surface area contributed by atoms with E-state index >= 15 is 0 Å². The third kappa shape index (κ3) is 3.45. The van der Waals surface area contributed by atoms with Gasteiger partial charge in [-0.05, 0) is 37.1 Å². The van der Waals surface area contributed by atoms with Crippen LogP contribution in [0.15, 0.2) is 30.5 Å². The van der Waals surface area contributed by atoms with Crippen LogP contribution in [0.3, 0.4) is 0 Å². The summed E-state index contributed by atoms with van der Waals surface area (Å²) >= 11 is 0. The second kappa shape index (κ2) is 6.76. The Hall–Kier alpha value is -1.81. The number of nitrogen functional groups attached to an aromatic ring is 1. The van der Waals surface area contributed by atoms with Gasteiger partial charge >= 0.3 is 0 Å². The molecular weight excluding hydrogens is 262 g/mol. The Bertz CT molecular complexity index is 594. The van der Waals surface area contributed by atoms with Crippen LogP contribution in [-0.2, 0) is 4.74 Å². The van der Waals surface area contributed by atoms with E-state index in [0.717, 1.165) is 35.4 Å². The summed E-state index contributed by atoms with van der Waals surface area (Å²) in [4.78, 5) is 4.35. The van der Waals surface area contributed by atoms with Gasteiger partial charge in [0.05, 0.1) is 23.9 Å². The van der Waals surface area contributed by atoms with E-state index in [2.05, 4.69) is 10.3 Å². The number of anilines is 2. The molecule has 1 fully saturated rings. The first-order valence-corrected chi connectivity index (χ1v) is 7.83. The highest BCUT2D eigenvalue weighted by Gasteiger charge is 2.13. The zero-order valence-electron chi connectivity index (χ0n) is 12.3. The summed E-state index contributed by atoms with van der Waals surface area (Å²) in [6.45, 7) is 1.56. The number of fused-ring (bicyclic) bond motifs is 1. The molecule has 1 heterocycles. The van der Waals surface area contributed by atoms with Crippen LogP contribution in [0.25, 0.3) is 10.9 Å². The minimum absolute atomic E-state index is 0.463. The van der Waals surface area contributed by atoms with Crippen molar-refractivity contribution in [3.63, 3.8) is 0 Å². The fraction of sp³-hybridized carbons (Fsp3) is 0.471. The molecule has 112 valence electrons. The number of hydrogen-bond donors (Lipinski definition) is 2. The summed E-state index contributed by atoms with van der Waals surface area (Å²) in [5, 5.41) is 4.50. The van der Waals surface area contributed by atoms with E-state index in [-0.39, 0.29) is 0 Å². The predicted molar refractivity (Wildman–Crippen MR) is 87.5 cm³/mol. The predicted octanol–water partition coefficient (Wildman–Crippen LogP) is 3.58. The average Bonchev–Trinajstić information content (AvgIpc) is 2.55. The molecule has 0 spiro atoms. The van der Waals surface area contributed by atoms with E-state index < -0.39 is 0 Å². The Labute approximate surface area is 125 Å². The van der Waals surface area contributed by atoms with Gasteiger partial charge in [-0.3, -0.25) is 4.98 Å². The summed E-state index contributed by atoms with van der Waals surface area (Å²) in [5.41, 5.74) is 8.61. The molecule has 1 aliphatic rings. The Morgan fingerprint density at radius 3 is 2.90 bits per heavy atom. The first kappa shape index (κ1) is 14.1. The lowest BCUT2D eigenvalue weighted by Crippen LogP contribution is -2.20. The van der Waals surface area contributed by atoms with E-state index in [1.54, 1.807) is 6.20 Å². The standard InChI is InChI=1S/C17H23N3O/c18-15-8-9-16(14-7-4-10-20-17(14)15)19-11-12-21-13-5-2-1-3-6-13/h4,7-10,13,19H,1-3,5-6,11-12,18H2. The largest absolute Gasteiger partial charge is 0.397 e. The Kier molecular flexibility index (Phi) is 4.55. The maximum Gasteiger partial charge on any atom is 0.0951 e. The van der Waals surface area contributed by atoms with Crippen molar-refractivity contribution in [1.29, 1.82) is 0 Å². The van der Waals surface area contributed by atoms with Crippen molar-refractivity contribution in [2.24, 2.45) is 0 Å². The van der Waals surface area contributed by atoms with Crippen LogP contribution in [0.1, 0.15) is 32.1 Å². The fourth-order valence-corrected chi connectivity index (χ4v) is 2.99. The number of ether oxygens (including phenoxy) is 1. The van der Waals surface area contributed by atoms with Crippen molar-refractivity contribution in [2.45, 2.75) is 38.2 Å². The summed E-state index contributed by atoms with van der Waals surface area (Å²) < 4.78 is 5.94. The normalized spacial score (nSPS) is 16.2. The fourth-order valence-electron chi connectivity index (χ4n) is 2.99. The maximum atomic E-state index is 5.96. The van der Waals surface area contributed by atoms with Crippen LogP contribution in [0.5, 0.6) is 0 Å². The monoisotopic (exact) mass is 285 g/mol. The van der Waals surface area contributed by atoms with Gasteiger partial charge in [-0.25, -0.2) is 0 Å². The van der Waals surface area contributed by atoms with E-state index in [1.165, 1.54) is 32.1 Å². The zero-order valence-corrected chi connectivity index (χ0v) is 12.3. The number of rotatable bonds is 5. The first-order valence-electron chi connectivity index (χ1n) is 7.83. The molecular formula is C17H23N3O. The molecule has 0 saturated heterocycles. The molecule has 21 heavy (non-hydrogen) atoms. The van der Waals surface area contributed by atoms with Crippen molar-refractivity contribution in [1.82, 2.24) is 4.98 Å². The van der Waals surface area contributed by atoms with Crippen LogP contribution in [0.4, 0.5) is 11.4 Å². The van der Waals surface area contributed by atoms with Gasteiger partial charge in [-0.2, -0.15) is 0 Å². The third-order valence-electron chi connectivity index (χ3n) is 4.12. The lowest BCUT2D eigenvalue weighted by Gasteiger charge is -2.22. The minimum atomic E-state index is 0.463. The Morgan fingerprint density at radius 2 is 2.05 bits per heavy atom. The Morgan fingerprint density at radius 1 is 1.19 bits per heavy atom. The number of nitrogens with two attached hydrogens (primary N) is 1. The van der Waals surface area contributed by atoms with Gasteiger partial charge in [-0.1, -0.05) is 19.3 Å². The molecule has 0 bridgehead atoms. The second-order valence-electron chi connectivity index (χ2n) is 5.66. The van der Waals surface area contributed by atoms with Crippen LogP contribution in [0.2, 0.25) is 0 Å². The average molecular weight is 285 g/mol. The summed E-state index contributed by atoms with van der Waals surface area (Å²) in [6.07, 6.45) is 8.66. The van der Waals surface area contributed by atoms with E-state index in [9.17, 15) is 0 Å². The highest BCUT2D eigenvalue weighted by atomic mass is 16.5. The number of benzene rings is 1. The van der Waals surface area contributed by atoms with Crippen molar-refractivity contribution >= 4 is 22.3 Å². The Balaban J connectivity index is 1.57. The molecule has 4 nitrogen and oxygen atoms in total. The molecule has 0 unspecified atom stereocenters. The molecule has 0 radical (unpaired) electrons.